The first-order chi connectivity index (χ1) is 13.3. The van der Waals surface area contributed by atoms with Gasteiger partial charge in [0.2, 0.25) is 0 Å². The molecule has 149 valence electrons. The molecule has 0 bridgehead atoms. The zero-order chi connectivity index (χ0) is 21.7. The van der Waals surface area contributed by atoms with E-state index < -0.39 is 5.91 Å². The Morgan fingerprint density at radius 2 is 2.00 bits per heavy atom. The van der Waals surface area contributed by atoms with Crippen molar-refractivity contribution >= 4 is 20.3 Å². The number of hydrogen-bond acceptors (Lipinski definition) is 3. The number of carbonyl (C=O) groups is 2. The van der Waals surface area contributed by atoms with Gasteiger partial charge in [0, 0.05) is 0 Å². The van der Waals surface area contributed by atoms with Crippen molar-refractivity contribution in [2.75, 3.05) is 0 Å². The number of allylic oxidation sites excluding steroid dienone is 5. The molecule has 0 fully saturated rings. The number of aryl methyl sites for hydroxylation is 1. The van der Waals surface area contributed by atoms with Crippen LogP contribution in [0.4, 0.5) is 0 Å². The number of amides is 1. The Morgan fingerprint density at radius 1 is 1.36 bits per heavy atom. The molecule has 28 heavy (non-hydrogen) atoms. The third kappa shape index (κ3) is 9.01. The number of carbonyl (C=O) groups excluding carboxylic acids is 2. The van der Waals surface area contributed by atoms with Crippen LogP contribution >= 0.6 is 0 Å². The van der Waals surface area contributed by atoms with Crippen LogP contribution in [0, 0.1) is 19.2 Å². The molecular formula is C21H25N3O2VW-2. The second-order valence-corrected chi connectivity index (χ2v) is 7.37. The van der Waals surface area contributed by atoms with Crippen molar-refractivity contribution < 1.29 is 45.9 Å². The van der Waals surface area contributed by atoms with Crippen molar-refractivity contribution in [1.82, 2.24) is 9.78 Å². The molecule has 1 aromatic rings. The van der Waals surface area contributed by atoms with Crippen LogP contribution in [0.2, 0.25) is 0 Å². The first-order valence-electron chi connectivity index (χ1n) is 8.68. The zero-order valence-corrected chi connectivity index (χ0v) is 21.1. The van der Waals surface area contributed by atoms with Crippen LogP contribution in [0.1, 0.15) is 50.3 Å². The van der Waals surface area contributed by atoms with Gasteiger partial charge >= 0.3 is 174 Å². The van der Waals surface area contributed by atoms with Gasteiger partial charge in [-0.1, -0.05) is 13.8 Å². The molecule has 0 aliphatic heterocycles. The molecule has 0 aromatic carbocycles. The van der Waals surface area contributed by atoms with E-state index in [0.717, 1.165) is 4.23 Å². The minimum absolute atomic E-state index is 0.000301. The summed E-state index contributed by atoms with van der Waals surface area (Å²) in [5, 5.41) is 4.26. The molecule has 0 unspecified atom stereocenters. The number of hydrogen-bond donors (Lipinski definition) is 1. The second-order valence-electron chi connectivity index (χ2n) is 5.29. The molecule has 0 radical (unpaired) electrons. The predicted molar refractivity (Wildman–Crippen MR) is 106 cm³/mol. The number of rotatable bonds is 9. The summed E-state index contributed by atoms with van der Waals surface area (Å²) in [5.74, 6) is -0.784. The van der Waals surface area contributed by atoms with Crippen molar-refractivity contribution in [3.8, 4) is 0 Å². The summed E-state index contributed by atoms with van der Waals surface area (Å²) in [5.41, 5.74) is 7.30. The summed E-state index contributed by atoms with van der Waals surface area (Å²) in [6.07, 6.45) is 12.9. The SMILES string of the molecule is CC.C[C-]=C(CC(=O)c1cc(C)nn1[C-]=CC=C[CH]=[W])C(=C[C](C)=[V])C(N)=O. The van der Waals surface area contributed by atoms with Crippen LogP contribution < -0.4 is 5.73 Å². The van der Waals surface area contributed by atoms with E-state index in [1.54, 1.807) is 32.1 Å². The van der Waals surface area contributed by atoms with E-state index in [1.807, 2.05) is 37.3 Å². The van der Waals surface area contributed by atoms with Gasteiger partial charge in [0.25, 0.3) is 0 Å². The quantitative estimate of drug-likeness (QED) is 0.210. The van der Waals surface area contributed by atoms with Crippen LogP contribution in [0.5, 0.6) is 0 Å². The van der Waals surface area contributed by atoms with Crippen LogP contribution in [0.3, 0.4) is 0 Å². The predicted octanol–water partition coefficient (Wildman–Crippen LogP) is 2.76. The van der Waals surface area contributed by atoms with Crippen molar-refractivity contribution in [3.05, 3.63) is 65.2 Å². The fourth-order valence-electron chi connectivity index (χ4n) is 2.10. The second kappa shape index (κ2) is 14.3. The average molecular weight is 586 g/mol. The molecule has 1 aromatic heterocycles. The fraction of sp³-hybridized carbons (Fsp3) is 0.286. The van der Waals surface area contributed by atoms with Gasteiger partial charge in [0.1, 0.15) is 0 Å². The van der Waals surface area contributed by atoms with Crippen molar-refractivity contribution in [1.29, 1.82) is 0 Å². The monoisotopic (exact) mass is 586 g/mol. The number of nitrogens with two attached hydrogens (primary N) is 1. The van der Waals surface area contributed by atoms with E-state index in [4.69, 9.17) is 5.73 Å². The Balaban J connectivity index is 0.00000352. The molecule has 7 heteroatoms. The van der Waals surface area contributed by atoms with Gasteiger partial charge < -0.3 is 0 Å². The topological polar surface area (TPSA) is 78.0 Å². The fourth-order valence-corrected chi connectivity index (χ4v) is 2.62. The van der Waals surface area contributed by atoms with Gasteiger partial charge in [-0.3, -0.25) is 0 Å². The third-order valence-corrected chi connectivity index (χ3v) is 3.95. The molecule has 1 heterocycles. The molecule has 2 N–H and O–H groups in total. The maximum absolute atomic E-state index is 12.8. The minimum atomic E-state index is -0.591. The van der Waals surface area contributed by atoms with Crippen LogP contribution in [0.15, 0.2) is 41.5 Å². The molecular weight excluding hydrogens is 561 g/mol. The van der Waals surface area contributed by atoms with Gasteiger partial charge in [-0.15, -0.1) is 0 Å². The zero-order valence-electron chi connectivity index (χ0n) is 16.8. The number of primary amides is 1. The molecule has 0 saturated heterocycles. The van der Waals surface area contributed by atoms with Crippen LogP contribution in [-0.4, -0.2) is 30.1 Å². The Labute approximate surface area is 187 Å². The Morgan fingerprint density at radius 3 is 2.50 bits per heavy atom. The standard InChI is InChI=1S/C19H19N3O2.C2H6.V.W/c1-5-8-9-11-22-17(12-14(4)21-22)18(23)13-15(7-3)16(10-6-2)19(20)24;1-2;;/h1,5,8-10,12H,13H2,2-4H3,(H2,20,24);1-2H3;;/q-2;;;. The summed E-state index contributed by atoms with van der Waals surface area (Å²) in [6, 6.07) is 1.69. The Kier molecular flexibility index (Phi) is 13.5. The number of aromatic nitrogens is 2. The third-order valence-electron chi connectivity index (χ3n) is 3.18. The Bertz CT molecular complexity index is 846. The summed E-state index contributed by atoms with van der Waals surface area (Å²) in [4.78, 5) is 24.5. The summed E-state index contributed by atoms with van der Waals surface area (Å²) >= 11 is 3.68. The van der Waals surface area contributed by atoms with E-state index >= 15 is 0 Å². The van der Waals surface area contributed by atoms with E-state index in [-0.39, 0.29) is 17.8 Å². The molecule has 5 nitrogen and oxygen atoms in total. The van der Waals surface area contributed by atoms with Crippen molar-refractivity contribution in [2.24, 2.45) is 5.73 Å². The van der Waals surface area contributed by atoms with Gasteiger partial charge in [-0.25, -0.2) is 0 Å². The molecule has 1 rings (SSSR count). The molecule has 1 amide bonds. The van der Waals surface area contributed by atoms with Crippen LogP contribution in [-0.2, 0) is 41.1 Å². The van der Waals surface area contributed by atoms with Gasteiger partial charge in [-0.05, 0) is 0 Å². The van der Waals surface area contributed by atoms with Gasteiger partial charge in [0.15, 0.2) is 0 Å². The normalized spacial score (nSPS) is 12.0. The molecule has 0 aliphatic carbocycles. The number of ketones is 1. The van der Waals surface area contributed by atoms with E-state index in [1.165, 1.54) is 24.0 Å². The van der Waals surface area contributed by atoms with Crippen molar-refractivity contribution in [3.63, 3.8) is 0 Å². The number of Topliss-reactive ketones (excluding diaryl/α,β-unsaturated/α-hetero) is 1. The summed E-state index contributed by atoms with van der Waals surface area (Å²) in [7, 11) is 0. The maximum atomic E-state index is 12.8. The summed E-state index contributed by atoms with van der Waals surface area (Å²) in [6.45, 7) is 9.29. The van der Waals surface area contributed by atoms with Gasteiger partial charge in [0.05, 0.1) is 0 Å². The van der Waals surface area contributed by atoms with Crippen molar-refractivity contribution in [2.45, 2.75) is 41.0 Å². The number of nitrogens with zero attached hydrogens (tertiary/aromatic N) is 2. The van der Waals surface area contributed by atoms with E-state index in [9.17, 15) is 9.59 Å². The summed E-state index contributed by atoms with van der Waals surface area (Å²) < 4.78 is 4.24. The van der Waals surface area contributed by atoms with E-state index in [0.29, 0.717) is 17.0 Å². The van der Waals surface area contributed by atoms with E-state index in [2.05, 4.69) is 34.4 Å². The average Bonchev–Trinajstić information content (AvgIpc) is 3.03. The van der Waals surface area contributed by atoms with Gasteiger partial charge in [-0.2, -0.15) is 0 Å². The van der Waals surface area contributed by atoms with Crippen LogP contribution in [0.25, 0.3) is 0 Å². The first-order valence-corrected chi connectivity index (χ1v) is 11.1. The first kappa shape index (κ1) is 26.3. The molecule has 0 atom stereocenters. The molecule has 0 spiro atoms. The molecule has 0 aliphatic rings. The molecule has 0 saturated carbocycles. The Hall–Kier alpha value is -1.68.